The molecular weight excluding hydrogens is 398 g/mol. The van der Waals surface area contributed by atoms with Crippen molar-refractivity contribution >= 4 is 5.97 Å². The third-order valence-electron chi connectivity index (χ3n) is 6.72. The average molecular weight is 432 g/mol. The molecule has 1 unspecified atom stereocenters. The van der Waals surface area contributed by atoms with Gasteiger partial charge in [-0.15, -0.1) is 0 Å². The van der Waals surface area contributed by atoms with Crippen molar-refractivity contribution in [2.24, 2.45) is 5.92 Å². The predicted molar refractivity (Wildman–Crippen MR) is 127 cm³/mol. The van der Waals surface area contributed by atoms with E-state index in [0.717, 1.165) is 41.2 Å². The Labute approximate surface area is 190 Å². The highest BCUT2D eigenvalue weighted by Crippen LogP contribution is 2.28. The van der Waals surface area contributed by atoms with Crippen LogP contribution in [0.4, 0.5) is 0 Å². The lowest BCUT2D eigenvalue weighted by atomic mass is 9.87. The number of hydrogen-bond donors (Lipinski definition) is 1. The van der Waals surface area contributed by atoms with E-state index in [1.54, 1.807) is 6.07 Å². The van der Waals surface area contributed by atoms with Gasteiger partial charge in [-0.3, -0.25) is 0 Å². The van der Waals surface area contributed by atoms with E-state index in [-0.39, 0.29) is 0 Å². The van der Waals surface area contributed by atoms with Crippen LogP contribution in [0.2, 0.25) is 0 Å². The third-order valence-corrected chi connectivity index (χ3v) is 6.72. The van der Waals surface area contributed by atoms with Crippen molar-refractivity contribution < 1.29 is 9.90 Å². The van der Waals surface area contributed by atoms with Gasteiger partial charge in [0.15, 0.2) is 5.82 Å². The highest BCUT2D eigenvalue weighted by molar-refractivity contribution is 5.96. The van der Waals surface area contributed by atoms with E-state index >= 15 is 0 Å². The number of aromatic carboxylic acids is 1. The number of benzene rings is 2. The van der Waals surface area contributed by atoms with Gasteiger partial charge in [-0.25, -0.2) is 14.5 Å². The topological polar surface area (TPSA) is 68.0 Å². The van der Waals surface area contributed by atoms with Gasteiger partial charge in [0.05, 0.1) is 12.1 Å². The molecule has 2 aromatic carbocycles. The molecule has 0 saturated heterocycles. The molecule has 1 aliphatic carbocycles. The fourth-order valence-corrected chi connectivity index (χ4v) is 4.71. The molecule has 4 rings (SSSR count). The van der Waals surface area contributed by atoms with Crippen molar-refractivity contribution in [3.8, 4) is 11.1 Å². The Morgan fingerprint density at radius 1 is 1.12 bits per heavy atom. The van der Waals surface area contributed by atoms with Gasteiger partial charge in [0, 0.05) is 12.3 Å². The summed E-state index contributed by atoms with van der Waals surface area (Å²) in [6, 6.07) is 15.4. The zero-order valence-corrected chi connectivity index (χ0v) is 19.1. The molecule has 0 spiro atoms. The molecule has 168 valence electrons. The normalized spacial score (nSPS) is 15.6. The second kappa shape index (κ2) is 10.1. The molecule has 1 aromatic heterocycles. The molecule has 1 fully saturated rings. The first-order valence-corrected chi connectivity index (χ1v) is 11.9. The van der Waals surface area contributed by atoms with Crippen molar-refractivity contribution in [3.63, 3.8) is 0 Å². The lowest BCUT2D eigenvalue weighted by molar-refractivity contribution is 0.0697. The first kappa shape index (κ1) is 22.3. The minimum Gasteiger partial charge on any atom is -0.478 e. The zero-order chi connectivity index (χ0) is 22.5. The molecule has 1 atom stereocenters. The van der Waals surface area contributed by atoms with Crippen LogP contribution in [-0.2, 0) is 13.0 Å². The van der Waals surface area contributed by atoms with Crippen LogP contribution in [0.25, 0.3) is 11.1 Å². The summed E-state index contributed by atoms with van der Waals surface area (Å²) in [6.45, 7) is 4.89. The number of carbonyl (C=O) groups is 1. The summed E-state index contributed by atoms with van der Waals surface area (Å²) in [4.78, 5) is 16.9. The van der Waals surface area contributed by atoms with Gasteiger partial charge in [-0.2, -0.15) is 5.10 Å². The van der Waals surface area contributed by atoms with Crippen LogP contribution in [0.1, 0.15) is 85.9 Å². The Morgan fingerprint density at radius 3 is 2.56 bits per heavy atom. The molecule has 0 bridgehead atoms. The molecule has 3 aromatic rings. The number of carboxylic acid groups (broad SMARTS) is 1. The summed E-state index contributed by atoms with van der Waals surface area (Å²) >= 11 is 0. The highest BCUT2D eigenvalue weighted by atomic mass is 16.4. The van der Waals surface area contributed by atoms with Crippen molar-refractivity contribution in [2.45, 2.75) is 71.3 Å². The van der Waals surface area contributed by atoms with Crippen LogP contribution in [0.5, 0.6) is 0 Å². The van der Waals surface area contributed by atoms with Crippen molar-refractivity contribution in [1.29, 1.82) is 0 Å². The third kappa shape index (κ3) is 5.09. The Hall–Kier alpha value is -2.95. The standard InChI is InChI=1S/C27H33N3O2/c1-3-19(2)26-28-25(17-20-10-6-4-7-11-20)29-30(26)18-21-14-15-23(24(16-21)27(31)32)22-12-8-5-9-13-22/h5,8-9,12-16,19-20H,3-4,6-7,10-11,17-18H2,1-2H3,(H,31,32). The minimum atomic E-state index is -0.913. The fourth-order valence-electron chi connectivity index (χ4n) is 4.71. The second-order valence-electron chi connectivity index (χ2n) is 9.11. The van der Waals surface area contributed by atoms with Gasteiger partial charge in [0.1, 0.15) is 5.82 Å². The summed E-state index contributed by atoms with van der Waals surface area (Å²) in [5, 5.41) is 14.7. The van der Waals surface area contributed by atoms with Crippen LogP contribution in [0, 0.1) is 5.92 Å². The molecular formula is C27H33N3O2. The Morgan fingerprint density at radius 2 is 1.88 bits per heavy atom. The number of carboxylic acids is 1. The summed E-state index contributed by atoms with van der Waals surface area (Å²) < 4.78 is 2.00. The molecule has 32 heavy (non-hydrogen) atoms. The van der Waals surface area contributed by atoms with E-state index in [4.69, 9.17) is 10.1 Å². The number of nitrogens with zero attached hydrogens (tertiary/aromatic N) is 3. The molecule has 0 radical (unpaired) electrons. The predicted octanol–water partition coefficient (Wildman–Crippen LogP) is 6.33. The van der Waals surface area contributed by atoms with Gasteiger partial charge in [0.25, 0.3) is 0 Å². The van der Waals surface area contributed by atoms with Crippen LogP contribution in [-0.4, -0.2) is 25.8 Å². The first-order valence-electron chi connectivity index (χ1n) is 11.9. The quantitative estimate of drug-likeness (QED) is 0.453. The summed E-state index contributed by atoms with van der Waals surface area (Å²) in [5.74, 6) is 2.02. The van der Waals surface area contributed by atoms with Crippen LogP contribution in [0.15, 0.2) is 48.5 Å². The van der Waals surface area contributed by atoms with Gasteiger partial charge in [0.2, 0.25) is 0 Å². The largest absolute Gasteiger partial charge is 0.478 e. The number of rotatable bonds is 8. The zero-order valence-electron chi connectivity index (χ0n) is 19.1. The van der Waals surface area contributed by atoms with E-state index < -0.39 is 5.97 Å². The summed E-state index contributed by atoms with van der Waals surface area (Å²) in [5.41, 5.74) is 2.90. The van der Waals surface area contributed by atoms with E-state index in [2.05, 4.69) is 13.8 Å². The second-order valence-corrected chi connectivity index (χ2v) is 9.11. The first-order chi connectivity index (χ1) is 15.5. The van der Waals surface area contributed by atoms with E-state index in [0.29, 0.717) is 23.9 Å². The van der Waals surface area contributed by atoms with E-state index in [9.17, 15) is 9.90 Å². The highest BCUT2D eigenvalue weighted by Gasteiger charge is 2.21. The SMILES string of the molecule is CCC(C)c1nc(CC2CCCCC2)nn1Cc1ccc(-c2ccccc2)c(C(=O)O)c1. The Kier molecular flexibility index (Phi) is 7.03. The van der Waals surface area contributed by atoms with Crippen LogP contribution in [0.3, 0.4) is 0 Å². The van der Waals surface area contributed by atoms with Crippen molar-refractivity contribution in [2.75, 3.05) is 0 Å². The lowest BCUT2D eigenvalue weighted by Crippen LogP contribution is -2.11. The molecule has 1 N–H and O–H groups in total. The molecule has 0 amide bonds. The maximum absolute atomic E-state index is 12.0. The molecule has 5 heteroatoms. The van der Waals surface area contributed by atoms with E-state index in [1.165, 1.54) is 32.1 Å². The van der Waals surface area contributed by atoms with Gasteiger partial charge >= 0.3 is 5.97 Å². The van der Waals surface area contributed by atoms with Gasteiger partial charge < -0.3 is 5.11 Å². The molecule has 1 heterocycles. The van der Waals surface area contributed by atoms with Crippen molar-refractivity contribution in [3.05, 3.63) is 71.3 Å². The fraction of sp³-hybridized carbons (Fsp3) is 0.444. The van der Waals surface area contributed by atoms with Crippen LogP contribution < -0.4 is 0 Å². The maximum Gasteiger partial charge on any atom is 0.336 e. The van der Waals surface area contributed by atoms with Gasteiger partial charge in [-0.1, -0.05) is 88.4 Å². The average Bonchev–Trinajstić information content (AvgIpc) is 3.21. The minimum absolute atomic E-state index is 0.310. The number of hydrogen-bond acceptors (Lipinski definition) is 3. The molecule has 1 aliphatic rings. The smallest absolute Gasteiger partial charge is 0.336 e. The maximum atomic E-state index is 12.0. The number of aromatic nitrogens is 3. The molecule has 0 aliphatic heterocycles. The lowest BCUT2D eigenvalue weighted by Gasteiger charge is -2.19. The van der Waals surface area contributed by atoms with E-state index in [1.807, 2.05) is 47.1 Å². The Balaban J connectivity index is 1.62. The molecule has 5 nitrogen and oxygen atoms in total. The Bertz CT molecular complexity index is 1050. The molecule has 1 saturated carbocycles. The summed E-state index contributed by atoms with van der Waals surface area (Å²) in [7, 11) is 0. The van der Waals surface area contributed by atoms with Gasteiger partial charge in [-0.05, 0) is 35.1 Å². The monoisotopic (exact) mass is 431 g/mol. The van der Waals surface area contributed by atoms with Crippen molar-refractivity contribution in [1.82, 2.24) is 14.8 Å². The summed E-state index contributed by atoms with van der Waals surface area (Å²) in [6.07, 6.45) is 8.47. The van der Waals surface area contributed by atoms with Crippen LogP contribution >= 0.6 is 0 Å².